The minimum atomic E-state index is -0.211. The Bertz CT molecular complexity index is 366. The van der Waals surface area contributed by atoms with E-state index in [0.29, 0.717) is 12.1 Å². The highest BCUT2D eigenvalue weighted by Crippen LogP contribution is 2.21. The number of hydrogen-bond donors (Lipinski definition) is 1. The number of carbonyl (C=O) groups excluding carboxylic acids is 1. The van der Waals surface area contributed by atoms with E-state index in [4.69, 9.17) is 5.73 Å². The fourth-order valence-electron chi connectivity index (χ4n) is 1.37. The van der Waals surface area contributed by atoms with Gasteiger partial charge >= 0.3 is 5.97 Å². The third-order valence-corrected chi connectivity index (χ3v) is 2.73. The van der Waals surface area contributed by atoms with Crippen LogP contribution in [0.15, 0.2) is 22.7 Å². The van der Waals surface area contributed by atoms with Gasteiger partial charge < -0.3 is 10.5 Å². The Morgan fingerprint density at radius 2 is 2.27 bits per heavy atom. The fraction of sp³-hybridized carbons (Fsp3) is 0.364. The number of anilines is 1. The maximum absolute atomic E-state index is 11.2. The SMILES string of the molecule is COC(=O)C(C)Cc1ccc(Br)cc1N. The molecule has 1 aromatic rings. The molecule has 0 saturated carbocycles. The summed E-state index contributed by atoms with van der Waals surface area (Å²) in [6.45, 7) is 1.83. The molecule has 0 fully saturated rings. The fourth-order valence-corrected chi connectivity index (χ4v) is 1.74. The Balaban J connectivity index is 2.76. The molecule has 1 unspecified atom stereocenters. The van der Waals surface area contributed by atoms with Gasteiger partial charge in [-0.05, 0) is 24.1 Å². The molecule has 0 spiro atoms. The molecule has 15 heavy (non-hydrogen) atoms. The van der Waals surface area contributed by atoms with Crippen molar-refractivity contribution in [3.05, 3.63) is 28.2 Å². The molecule has 1 rings (SSSR count). The van der Waals surface area contributed by atoms with Crippen molar-refractivity contribution in [2.45, 2.75) is 13.3 Å². The number of ether oxygens (including phenoxy) is 1. The molecule has 1 atom stereocenters. The van der Waals surface area contributed by atoms with E-state index in [2.05, 4.69) is 20.7 Å². The van der Waals surface area contributed by atoms with Crippen LogP contribution in [0.2, 0.25) is 0 Å². The van der Waals surface area contributed by atoms with Gasteiger partial charge in [0, 0.05) is 10.2 Å². The van der Waals surface area contributed by atoms with E-state index in [-0.39, 0.29) is 11.9 Å². The highest BCUT2D eigenvalue weighted by molar-refractivity contribution is 9.10. The number of nitrogens with two attached hydrogens (primary N) is 1. The summed E-state index contributed by atoms with van der Waals surface area (Å²) in [4.78, 5) is 11.2. The standard InChI is InChI=1S/C11H14BrNO2/c1-7(11(14)15-2)5-8-3-4-9(12)6-10(8)13/h3-4,6-7H,5,13H2,1-2H3. The van der Waals surface area contributed by atoms with Crippen LogP contribution in [0.4, 0.5) is 5.69 Å². The van der Waals surface area contributed by atoms with Crippen LogP contribution < -0.4 is 5.73 Å². The molecule has 0 amide bonds. The minimum Gasteiger partial charge on any atom is -0.469 e. The van der Waals surface area contributed by atoms with Gasteiger partial charge in [0.25, 0.3) is 0 Å². The van der Waals surface area contributed by atoms with Gasteiger partial charge in [-0.15, -0.1) is 0 Å². The first-order chi connectivity index (χ1) is 7.04. The quantitative estimate of drug-likeness (QED) is 0.679. The Kier molecular flexibility index (Phi) is 4.15. The molecule has 82 valence electrons. The molecule has 0 aromatic heterocycles. The number of esters is 1. The molecule has 4 heteroatoms. The first-order valence-corrected chi connectivity index (χ1v) is 5.45. The van der Waals surface area contributed by atoms with Crippen LogP contribution in [0.1, 0.15) is 12.5 Å². The predicted octanol–water partition coefficient (Wildman–Crippen LogP) is 2.38. The maximum atomic E-state index is 11.2. The summed E-state index contributed by atoms with van der Waals surface area (Å²) in [5, 5.41) is 0. The van der Waals surface area contributed by atoms with Crippen molar-refractivity contribution in [1.29, 1.82) is 0 Å². The van der Waals surface area contributed by atoms with E-state index in [9.17, 15) is 4.79 Å². The van der Waals surface area contributed by atoms with E-state index in [1.54, 1.807) is 0 Å². The second-order valence-corrected chi connectivity index (χ2v) is 4.39. The average molecular weight is 272 g/mol. The van der Waals surface area contributed by atoms with E-state index in [0.717, 1.165) is 10.0 Å². The maximum Gasteiger partial charge on any atom is 0.308 e. The first-order valence-electron chi connectivity index (χ1n) is 4.66. The summed E-state index contributed by atoms with van der Waals surface area (Å²) >= 11 is 3.33. The van der Waals surface area contributed by atoms with Crippen LogP contribution in [-0.4, -0.2) is 13.1 Å². The van der Waals surface area contributed by atoms with Crippen LogP contribution in [-0.2, 0) is 16.0 Å². The van der Waals surface area contributed by atoms with E-state index >= 15 is 0 Å². The average Bonchev–Trinajstić information content (AvgIpc) is 2.20. The molecule has 0 aliphatic rings. The van der Waals surface area contributed by atoms with Gasteiger partial charge in [-0.1, -0.05) is 28.9 Å². The van der Waals surface area contributed by atoms with Crippen LogP contribution in [0.25, 0.3) is 0 Å². The highest BCUT2D eigenvalue weighted by atomic mass is 79.9. The Labute approximate surface area is 97.7 Å². The largest absolute Gasteiger partial charge is 0.469 e. The Morgan fingerprint density at radius 1 is 1.60 bits per heavy atom. The number of carbonyl (C=O) groups is 1. The van der Waals surface area contributed by atoms with Crippen LogP contribution in [0.3, 0.4) is 0 Å². The lowest BCUT2D eigenvalue weighted by atomic mass is 10.00. The summed E-state index contributed by atoms with van der Waals surface area (Å²) in [5.74, 6) is -0.379. The second-order valence-electron chi connectivity index (χ2n) is 3.47. The first kappa shape index (κ1) is 12.0. The van der Waals surface area contributed by atoms with Crippen LogP contribution >= 0.6 is 15.9 Å². The normalized spacial score (nSPS) is 12.2. The number of halogens is 1. The molecular formula is C11H14BrNO2. The zero-order chi connectivity index (χ0) is 11.4. The third-order valence-electron chi connectivity index (χ3n) is 2.24. The molecule has 0 radical (unpaired) electrons. The summed E-state index contributed by atoms with van der Waals surface area (Å²) in [7, 11) is 1.39. The van der Waals surface area contributed by atoms with Gasteiger partial charge in [-0.3, -0.25) is 4.79 Å². The topological polar surface area (TPSA) is 52.3 Å². The van der Waals surface area contributed by atoms with E-state index in [1.807, 2.05) is 25.1 Å². The van der Waals surface area contributed by atoms with Crippen molar-refractivity contribution in [1.82, 2.24) is 0 Å². The monoisotopic (exact) mass is 271 g/mol. The molecular weight excluding hydrogens is 258 g/mol. The van der Waals surface area contributed by atoms with Crippen molar-refractivity contribution < 1.29 is 9.53 Å². The summed E-state index contributed by atoms with van der Waals surface area (Å²) < 4.78 is 5.60. The van der Waals surface area contributed by atoms with Crippen molar-refractivity contribution in [3.8, 4) is 0 Å². The Hall–Kier alpha value is -1.03. The van der Waals surface area contributed by atoms with Gasteiger partial charge in [0.15, 0.2) is 0 Å². The molecule has 0 heterocycles. The van der Waals surface area contributed by atoms with Crippen molar-refractivity contribution in [3.63, 3.8) is 0 Å². The summed E-state index contributed by atoms with van der Waals surface area (Å²) in [6.07, 6.45) is 0.603. The highest BCUT2D eigenvalue weighted by Gasteiger charge is 2.14. The lowest BCUT2D eigenvalue weighted by Crippen LogP contribution is -2.15. The lowest BCUT2D eigenvalue weighted by Gasteiger charge is -2.11. The number of benzene rings is 1. The van der Waals surface area contributed by atoms with Gasteiger partial charge in [0.05, 0.1) is 13.0 Å². The third kappa shape index (κ3) is 3.23. The van der Waals surface area contributed by atoms with E-state index in [1.165, 1.54) is 7.11 Å². The molecule has 0 aliphatic heterocycles. The van der Waals surface area contributed by atoms with Crippen molar-refractivity contribution in [2.24, 2.45) is 5.92 Å². The van der Waals surface area contributed by atoms with Gasteiger partial charge in [0.1, 0.15) is 0 Å². The lowest BCUT2D eigenvalue weighted by molar-refractivity contribution is -0.144. The molecule has 0 bridgehead atoms. The summed E-state index contributed by atoms with van der Waals surface area (Å²) in [6, 6.07) is 5.66. The number of nitrogen functional groups attached to an aromatic ring is 1. The molecule has 3 nitrogen and oxygen atoms in total. The van der Waals surface area contributed by atoms with Crippen molar-refractivity contribution >= 4 is 27.6 Å². The zero-order valence-corrected chi connectivity index (χ0v) is 10.4. The van der Waals surface area contributed by atoms with E-state index < -0.39 is 0 Å². The second kappa shape index (κ2) is 5.16. The van der Waals surface area contributed by atoms with Gasteiger partial charge in [-0.25, -0.2) is 0 Å². The van der Waals surface area contributed by atoms with Crippen molar-refractivity contribution in [2.75, 3.05) is 12.8 Å². The molecule has 2 N–H and O–H groups in total. The number of rotatable bonds is 3. The van der Waals surface area contributed by atoms with Crippen LogP contribution in [0.5, 0.6) is 0 Å². The number of methoxy groups -OCH3 is 1. The number of hydrogen-bond acceptors (Lipinski definition) is 3. The summed E-state index contributed by atoms with van der Waals surface area (Å²) in [5.41, 5.74) is 7.49. The predicted molar refractivity (Wildman–Crippen MR) is 63.4 cm³/mol. The smallest absolute Gasteiger partial charge is 0.308 e. The minimum absolute atomic E-state index is 0.168. The van der Waals surface area contributed by atoms with Gasteiger partial charge in [0.2, 0.25) is 0 Å². The molecule has 0 saturated heterocycles. The van der Waals surface area contributed by atoms with Gasteiger partial charge in [-0.2, -0.15) is 0 Å². The molecule has 0 aliphatic carbocycles. The van der Waals surface area contributed by atoms with Crippen LogP contribution in [0, 0.1) is 5.92 Å². The molecule has 1 aromatic carbocycles. The zero-order valence-electron chi connectivity index (χ0n) is 8.79. The Morgan fingerprint density at radius 3 is 2.80 bits per heavy atom.